The van der Waals surface area contributed by atoms with Gasteiger partial charge in [-0.25, -0.2) is 4.79 Å². The van der Waals surface area contributed by atoms with Crippen LogP contribution in [0, 0.1) is 5.92 Å². The van der Waals surface area contributed by atoms with E-state index < -0.39 is 0 Å². The number of hydrogen-bond donors (Lipinski definition) is 1. The third-order valence-corrected chi connectivity index (χ3v) is 2.39. The van der Waals surface area contributed by atoms with E-state index in [2.05, 4.69) is 17.0 Å². The van der Waals surface area contributed by atoms with Crippen LogP contribution in [0.4, 0.5) is 5.69 Å². The first-order valence-electron chi connectivity index (χ1n) is 5.58. The molecule has 1 atom stereocenters. The van der Waals surface area contributed by atoms with Crippen LogP contribution < -0.4 is 5.32 Å². The second-order valence-electron chi connectivity index (χ2n) is 4.01. The molecule has 0 saturated heterocycles. The van der Waals surface area contributed by atoms with Crippen LogP contribution in [-0.4, -0.2) is 33.3 Å². The van der Waals surface area contributed by atoms with Crippen molar-refractivity contribution in [3.05, 3.63) is 29.8 Å². The molecule has 0 saturated carbocycles. The molecule has 0 aliphatic heterocycles. The van der Waals surface area contributed by atoms with E-state index in [9.17, 15) is 4.79 Å². The van der Waals surface area contributed by atoms with Gasteiger partial charge < -0.3 is 14.8 Å². The molecule has 1 unspecified atom stereocenters. The van der Waals surface area contributed by atoms with Gasteiger partial charge in [0.15, 0.2) is 0 Å². The van der Waals surface area contributed by atoms with E-state index in [0.29, 0.717) is 18.1 Å². The van der Waals surface area contributed by atoms with Crippen LogP contribution in [0.15, 0.2) is 24.3 Å². The Morgan fingerprint density at radius 3 is 2.82 bits per heavy atom. The molecule has 1 aromatic rings. The van der Waals surface area contributed by atoms with Crippen molar-refractivity contribution in [1.82, 2.24) is 0 Å². The van der Waals surface area contributed by atoms with Crippen LogP contribution in [0.3, 0.4) is 0 Å². The molecule has 17 heavy (non-hydrogen) atoms. The maximum atomic E-state index is 11.3. The Hall–Kier alpha value is -1.55. The fraction of sp³-hybridized carbons (Fsp3) is 0.462. The Balaban J connectivity index is 2.57. The first-order valence-corrected chi connectivity index (χ1v) is 5.58. The van der Waals surface area contributed by atoms with Crippen LogP contribution in [0.25, 0.3) is 0 Å². The van der Waals surface area contributed by atoms with Crippen molar-refractivity contribution in [1.29, 1.82) is 0 Å². The molecule has 0 bridgehead atoms. The normalized spacial score (nSPS) is 11.9. The Bertz CT molecular complexity index is 365. The van der Waals surface area contributed by atoms with Gasteiger partial charge in [-0.3, -0.25) is 0 Å². The van der Waals surface area contributed by atoms with Gasteiger partial charge in [0.25, 0.3) is 0 Å². The number of esters is 1. The number of rotatable bonds is 6. The lowest BCUT2D eigenvalue weighted by molar-refractivity contribution is 0.0601. The number of ether oxygens (including phenoxy) is 2. The van der Waals surface area contributed by atoms with Crippen LogP contribution in [0.1, 0.15) is 17.3 Å². The van der Waals surface area contributed by atoms with Crippen LogP contribution >= 0.6 is 0 Å². The molecule has 4 nitrogen and oxygen atoms in total. The minimum atomic E-state index is -0.321. The third-order valence-electron chi connectivity index (χ3n) is 2.39. The Labute approximate surface area is 102 Å². The van der Waals surface area contributed by atoms with Crippen molar-refractivity contribution < 1.29 is 14.3 Å². The number of nitrogens with one attached hydrogen (secondary N) is 1. The van der Waals surface area contributed by atoms with Gasteiger partial charge in [-0.15, -0.1) is 0 Å². The summed E-state index contributed by atoms with van der Waals surface area (Å²) in [5.74, 6) is 0.0976. The summed E-state index contributed by atoms with van der Waals surface area (Å²) >= 11 is 0. The van der Waals surface area contributed by atoms with Gasteiger partial charge in [0, 0.05) is 19.3 Å². The Kier molecular flexibility index (Phi) is 5.49. The van der Waals surface area contributed by atoms with Gasteiger partial charge in [0.05, 0.1) is 19.3 Å². The smallest absolute Gasteiger partial charge is 0.337 e. The standard InChI is InChI=1S/C13H19NO3/c1-10(9-16-2)8-14-12-6-4-5-11(7-12)13(15)17-3/h4-7,10,14H,8-9H2,1-3H3. The predicted octanol–water partition coefficient (Wildman–Crippen LogP) is 2.17. The molecule has 0 amide bonds. The van der Waals surface area contributed by atoms with Crippen LogP contribution in [0.2, 0.25) is 0 Å². The molecular weight excluding hydrogens is 218 g/mol. The minimum absolute atomic E-state index is 0.321. The lowest BCUT2D eigenvalue weighted by Crippen LogP contribution is -2.16. The summed E-state index contributed by atoms with van der Waals surface area (Å²) in [7, 11) is 3.07. The van der Waals surface area contributed by atoms with Crippen LogP contribution in [0.5, 0.6) is 0 Å². The summed E-state index contributed by atoms with van der Waals surface area (Å²) in [5.41, 5.74) is 1.47. The summed E-state index contributed by atoms with van der Waals surface area (Å²) in [5, 5.41) is 3.26. The highest BCUT2D eigenvalue weighted by Gasteiger charge is 2.06. The van der Waals surface area contributed by atoms with Gasteiger partial charge >= 0.3 is 5.97 Å². The average Bonchev–Trinajstić information content (AvgIpc) is 2.36. The molecule has 94 valence electrons. The maximum absolute atomic E-state index is 11.3. The van der Waals surface area contributed by atoms with E-state index in [4.69, 9.17) is 4.74 Å². The van der Waals surface area contributed by atoms with Gasteiger partial charge in [-0.05, 0) is 24.1 Å². The van der Waals surface area contributed by atoms with Crippen molar-refractivity contribution in [2.24, 2.45) is 5.92 Å². The largest absolute Gasteiger partial charge is 0.465 e. The zero-order valence-corrected chi connectivity index (χ0v) is 10.5. The molecule has 0 aliphatic carbocycles. The first kappa shape index (κ1) is 13.5. The molecule has 0 aromatic heterocycles. The molecule has 1 rings (SSSR count). The highest BCUT2D eigenvalue weighted by molar-refractivity contribution is 5.90. The zero-order valence-electron chi connectivity index (χ0n) is 10.5. The number of carbonyl (C=O) groups is 1. The molecule has 4 heteroatoms. The van der Waals surface area contributed by atoms with Crippen molar-refractivity contribution in [3.63, 3.8) is 0 Å². The van der Waals surface area contributed by atoms with Crippen molar-refractivity contribution >= 4 is 11.7 Å². The topological polar surface area (TPSA) is 47.6 Å². The number of methoxy groups -OCH3 is 2. The van der Waals surface area contributed by atoms with Crippen molar-refractivity contribution in [2.45, 2.75) is 6.92 Å². The summed E-state index contributed by atoms with van der Waals surface area (Å²) in [6, 6.07) is 7.27. The number of benzene rings is 1. The Morgan fingerprint density at radius 1 is 1.41 bits per heavy atom. The van der Waals surface area contributed by atoms with Gasteiger partial charge in [0.2, 0.25) is 0 Å². The average molecular weight is 237 g/mol. The molecule has 1 N–H and O–H groups in total. The molecule has 0 aliphatic rings. The molecule has 0 spiro atoms. The first-order chi connectivity index (χ1) is 8.17. The van der Waals surface area contributed by atoms with Gasteiger partial charge in [-0.2, -0.15) is 0 Å². The van der Waals surface area contributed by atoms with E-state index in [-0.39, 0.29) is 5.97 Å². The highest BCUT2D eigenvalue weighted by Crippen LogP contribution is 2.12. The van der Waals surface area contributed by atoms with E-state index in [1.54, 1.807) is 19.2 Å². The lowest BCUT2D eigenvalue weighted by atomic mass is 10.1. The van der Waals surface area contributed by atoms with Crippen LogP contribution in [-0.2, 0) is 9.47 Å². The van der Waals surface area contributed by atoms with Crippen molar-refractivity contribution in [2.75, 3.05) is 32.7 Å². The monoisotopic (exact) mass is 237 g/mol. The quantitative estimate of drug-likeness (QED) is 0.770. The Morgan fingerprint density at radius 2 is 2.18 bits per heavy atom. The fourth-order valence-corrected chi connectivity index (χ4v) is 1.51. The van der Waals surface area contributed by atoms with E-state index in [1.807, 2.05) is 12.1 Å². The molecule has 0 heterocycles. The van der Waals surface area contributed by atoms with E-state index in [0.717, 1.165) is 12.2 Å². The predicted molar refractivity (Wildman–Crippen MR) is 67.3 cm³/mol. The maximum Gasteiger partial charge on any atom is 0.337 e. The molecule has 0 fully saturated rings. The summed E-state index contributed by atoms with van der Waals surface area (Å²) < 4.78 is 9.73. The second kappa shape index (κ2) is 6.91. The van der Waals surface area contributed by atoms with E-state index in [1.165, 1.54) is 7.11 Å². The summed E-state index contributed by atoms with van der Waals surface area (Å²) in [4.78, 5) is 11.3. The zero-order chi connectivity index (χ0) is 12.7. The highest BCUT2D eigenvalue weighted by atomic mass is 16.5. The number of carbonyl (C=O) groups excluding carboxylic acids is 1. The van der Waals surface area contributed by atoms with E-state index >= 15 is 0 Å². The third kappa shape index (κ3) is 4.44. The second-order valence-corrected chi connectivity index (χ2v) is 4.01. The molecule has 0 radical (unpaired) electrons. The molecular formula is C13H19NO3. The lowest BCUT2D eigenvalue weighted by Gasteiger charge is -2.13. The van der Waals surface area contributed by atoms with Gasteiger partial charge in [-0.1, -0.05) is 13.0 Å². The molecule has 1 aromatic carbocycles. The SMILES string of the molecule is COCC(C)CNc1cccc(C(=O)OC)c1. The summed E-state index contributed by atoms with van der Waals surface area (Å²) in [6.07, 6.45) is 0. The van der Waals surface area contributed by atoms with Gasteiger partial charge in [0.1, 0.15) is 0 Å². The number of anilines is 1. The van der Waals surface area contributed by atoms with Crippen molar-refractivity contribution in [3.8, 4) is 0 Å². The minimum Gasteiger partial charge on any atom is -0.465 e. The number of hydrogen-bond acceptors (Lipinski definition) is 4. The fourth-order valence-electron chi connectivity index (χ4n) is 1.51. The summed E-state index contributed by atoms with van der Waals surface area (Å²) in [6.45, 7) is 3.61.